The number of benzene rings is 1. The summed E-state index contributed by atoms with van der Waals surface area (Å²) in [6, 6.07) is 3.43. The molecule has 0 fully saturated rings. The van der Waals surface area contributed by atoms with Gasteiger partial charge in [-0.2, -0.15) is 0 Å². The molecule has 0 spiro atoms. The van der Waals surface area contributed by atoms with Gasteiger partial charge in [0.25, 0.3) is 0 Å². The highest BCUT2D eigenvalue weighted by molar-refractivity contribution is 9.10. The van der Waals surface area contributed by atoms with Gasteiger partial charge in [-0.1, -0.05) is 0 Å². The van der Waals surface area contributed by atoms with Gasteiger partial charge in [0, 0.05) is 0 Å². The van der Waals surface area contributed by atoms with E-state index in [9.17, 15) is 4.79 Å². The van der Waals surface area contributed by atoms with Gasteiger partial charge in [-0.15, -0.1) is 0 Å². The van der Waals surface area contributed by atoms with Crippen molar-refractivity contribution in [3.05, 3.63) is 22.2 Å². The number of ether oxygens (including phenoxy) is 2. The second-order valence-electron chi connectivity index (χ2n) is 3.12. The van der Waals surface area contributed by atoms with E-state index in [4.69, 9.17) is 9.47 Å². The van der Waals surface area contributed by atoms with Gasteiger partial charge in [0.15, 0.2) is 5.78 Å². The van der Waals surface area contributed by atoms with Gasteiger partial charge in [-0.05, 0) is 35.1 Å². The molecule has 0 aliphatic heterocycles. The van der Waals surface area contributed by atoms with Crippen molar-refractivity contribution in [2.24, 2.45) is 0 Å². The fraction of sp³-hybridized carbons (Fsp3) is 0.364. The smallest absolute Gasteiger partial charge is 0.180 e. The van der Waals surface area contributed by atoms with E-state index >= 15 is 0 Å². The van der Waals surface area contributed by atoms with E-state index in [1.165, 1.54) is 7.11 Å². The van der Waals surface area contributed by atoms with E-state index in [1.807, 2.05) is 0 Å². The molecule has 0 aromatic heterocycles. The van der Waals surface area contributed by atoms with Gasteiger partial charge in [0.05, 0.1) is 26.3 Å². The summed E-state index contributed by atoms with van der Waals surface area (Å²) >= 11 is 3.35. The number of likely N-dealkylation sites (N-methyl/N-ethyl adjacent to an activating group) is 1. The van der Waals surface area contributed by atoms with Crippen LogP contribution in [-0.4, -0.2) is 33.6 Å². The van der Waals surface area contributed by atoms with Crippen LogP contribution >= 0.6 is 15.9 Å². The Bertz CT molecular complexity index is 393. The topological polar surface area (TPSA) is 47.6 Å². The lowest BCUT2D eigenvalue weighted by atomic mass is 10.1. The van der Waals surface area contributed by atoms with Gasteiger partial charge >= 0.3 is 0 Å². The normalized spacial score (nSPS) is 10.0. The molecule has 1 aromatic rings. The Labute approximate surface area is 103 Å². The fourth-order valence-electron chi connectivity index (χ4n) is 1.37. The van der Waals surface area contributed by atoms with Crippen molar-refractivity contribution >= 4 is 21.7 Å². The predicted molar refractivity (Wildman–Crippen MR) is 65.5 cm³/mol. The molecule has 0 radical (unpaired) electrons. The molecule has 0 aliphatic carbocycles. The first-order chi connectivity index (χ1) is 7.65. The van der Waals surface area contributed by atoms with Crippen LogP contribution < -0.4 is 14.8 Å². The number of halogens is 1. The summed E-state index contributed by atoms with van der Waals surface area (Å²) in [5.41, 5.74) is 0.532. The number of carbonyl (C=O) groups excluding carboxylic acids is 1. The monoisotopic (exact) mass is 287 g/mol. The van der Waals surface area contributed by atoms with Crippen LogP contribution in [0.25, 0.3) is 0 Å². The molecule has 1 aromatic carbocycles. The Kier molecular flexibility index (Phi) is 4.76. The van der Waals surface area contributed by atoms with Crippen LogP contribution in [0.3, 0.4) is 0 Å². The standard InChI is InChI=1S/C11H14BrNO3/c1-13-6-8(14)7-4-5-9(15-2)10(12)11(7)16-3/h4-5,13H,6H2,1-3H3. The first-order valence-corrected chi connectivity index (χ1v) is 5.53. The van der Waals surface area contributed by atoms with Crippen LogP contribution in [0.2, 0.25) is 0 Å². The number of methoxy groups -OCH3 is 2. The van der Waals surface area contributed by atoms with E-state index in [1.54, 1.807) is 26.3 Å². The summed E-state index contributed by atoms with van der Waals surface area (Å²) in [6.07, 6.45) is 0. The lowest BCUT2D eigenvalue weighted by Gasteiger charge is -2.12. The Hall–Kier alpha value is -1.07. The Morgan fingerprint density at radius 2 is 2.06 bits per heavy atom. The highest BCUT2D eigenvalue weighted by atomic mass is 79.9. The minimum Gasteiger partial charge on any atom is -0.495 e. The number of hydrogen-bond donors (Lipinski definition) is 1. The molecule has 16 heavy (non-hydrogen) atoms. The number of rotatable bonds is 5. The SMILES string of the molecule is CNCC(=O)c1ccc(OC)c(Br)c1OC. The van der Waals surface area contributed by atoms with Gasteiger partial charge in [-0.25, -0.2) is 0 Å². The molecule has 0 saturated heterocycles. The van der Waals surface area contributed by atoms with Crippen molar-refractivity contribution in [3.63, 3.8) is 0 Å². The zero-order chi connectivity index (χ0) is 12.1. The van der Waals surface area contributed by atoms with Crippen molar-refractivity contribution in [1.82, 2.24) is 5.32 Å². The second-order valence-corrected chi connectivity index (χ2v) is 3.91. The molecule has 4 nitrogen and oxygen atoms in total. The summed E-state index contributed by atoms with van der Waals surface area (Å²) in [6.45, 7) is 0.273. The molecule has 0 saturated carbocycles. The number of carbonyl (C=O) groups is 1. The maximum atomic E-state index is 11.8. The van der Waals surface area contributed by atoms with Gasteiger partial charge in [0.1, 0.15) is 16.0 Å². The summed E-state index contributed by atoms with van der Waals surface area (Å²) in [5.74, 6) is 1.11. The average molecular weight is 288 g/mol. The number of hydrogen-bond acceptors (Lipinski definition) is 4. The van der Waals surface area contributed by atoms with Gasteiger partial charge in [-0.3, -0.25) is 4.79 Å². The molecule has 0 amide bonds. The van der Waals surface area contributed by atoms with Gasteiger partial charge < -0.3 is 14.8 Å². The minimum atomic E-state index is -0.0253. The van der Waals surface area contributed by atoms with Crippen LogP contribution in [0, 0.1) is 0 Å². The van der Waals surface area contributed by atoms with E-state index in [0.717, 1.165) is 0 Å². The van der Waals surface area contributed by atoms with Gasteiger partial charge in [0.2, 0.25) is 0 Å². The fourth-order valence-corrected chi connectivity index (χ4v) is 2.04. The van der Waals surface area contributed by atoms with Crippen molar-refractivity contribution in [2.45, 2.75) is 0 Å². The molecule has 5 heteroatoms. The van der Waals surface area contributed by atoms with Crippen molar-refractivity contribution in [2.75, 3.05) is 27.8 Å². The molecule has 0 atom stereocenters. The number of Topliss-reactive ketones (excluding diaryl/α,β-unsaturated/α-hetero) is 1. The summed E-state index contributed by atoms with van der Waals surface area (Å²) in [4.78, 5) is 11.8. The molecule has 88 valence electrons. The second kappa shape index (κ2) is 5.86. The summed E-state index contributed by atoms with van der Waals surface area (Å²) < 4.78 is 11.0. The molecular weight excluding hydrogens is 274 g/mol. The molecular formula is C11H14BrNO3. The summed E-state index contributed by atoms with van der Waals surface area (Å²) in [5, 5.41) is 2.81. The average Bonchev–Trinajstić information content (AvgIpc) is 2.28. The van der Waals surface area contributed by atoms with E-state index in [-0.39, 0.29) is 12.3 Å². The molecule has 0 heterocycles. The van der Waals surface area contributed by atoms with E-state index < -0.39 is 0 Å². The third-order valence-electron chi connectivity index (χ3n) is 2.12. The van der Waals surface area contributed by atoms with Crippen molar-refractivity contribution < 1.29 is 14.3 Å². The largest absolute Gasteiger partial charge is 0.495 e. The maximum Gasteiger partial charge on any atom is 0.180 e. The van der Waals surface area contributed by atoms with Crippen LogP contribution in [0.4, 0.5) is 0 Å². The predicted octanol–water partition coefficient (Wildman–Crippen LogP) is 1.87. The van der Waals surface area contributed by atoms with Crippen LogP contribution in [0.1, 0.15) is 10.4 Å². The molecule has 0 unspecified atom stereocenters. The van der Waals surface area contributed by atoms with Crippen LogP contribution in [0.5, 0.6) is 11.5 Å². The van der Waals surface area contributed by atoms with Crippen LogP contribution in [-0.2, 0) is 0 Å². The minimum absolute atomic E-state index is 0.0253. The highest BCUT2D eigenvalue weighted by Crippen LogP contribution is 2.37. The first kappa shape index (κ1) is 13.0. The summed E-state index contributed by atoms with van der Waals surface area (Å²) in [7, 11) is 4.81. The Morgan fingerprint density at radius 1 is 1.38 bits per heavy atom. The lowest BCUT2D eigenvalue weighted by Crippen LogP contribution is -2.19. The Morgan fingerprint density at radius 3 is 2.56 bits per heavy atom. The van der Waals surface area contributed by atoms with Crippen molar-refractivity contribution in [1.29, 1.82) is 0 Å². The number of ketones is 1. The Balaban J connectivity index is 3.20. The quantitative estimate of drug-likeness (QED) is 0.840. The third-order valence-corrected chi connectivity index (χ3v) is 2.87. The third kappa shape index (κ3) is 2.54. The van der Waals surface area contributed by atoms with Crippen LogP contribution in [0.15, 0.2) is 16.6 Å². The van der Waals surface area contributed by atoms with E-state index in [0.29, 0.717) is 21.5 Å². The molecule has 1 N–H and O–H groups in total. The zero-order valence-corrected chi connectivity index (χ0v) is 11.1. The molecule has 0 bridgehead atoms. The number of nitrogens with one attached hydrogen (secondary N) is 1. The highest BCUT2D eigenvalue weighted by Gasteiger charge is 2.17. The molecule has 0 aliphatic rings. The molecule has 1 rings (SSSR count). The first-order valence-electron chi connectivity index (χ1n) is 4.74. The zero-order valence-electron chi connectivity index (χ0n) is 9.46. The van der Waals surface area contributed by atoms with E-state index in [2.05, 4.69) is 21.2 Å². The lowest BCUT2D eigenvalue weighted by molar-refractivity contribution is 0.0990. The van der Waals surface area contributed by atoms with Crippen molar-refractivity contribution in [3.8, 4) is 11.5 Å². The maximum absolute atomic E-state index is 11.8.